The van der Waals surface area contributed by atoms with E-state index in [9.17, 15) is 4.79 Å². The average molecular weight is 512 g/mol. The van der Waals surface area contributed by atoms with Crippen LogP contribution in [-0.2, 0) is 0 Å². The van der Waals surface area contributed by atoms with Crippen molar-refractivity contribution < 1.29 is 4.79 Å². The average Bonchev–Trinajstić information content (AvgIpc) is 3.45. The maximum Gasteiger partial charge on any atom is 0.248 e. The zero-order chi connectivity index (χ0) is 26.5. The van der Waals surface area contributed by atoms with Crippen molar-refractivity contribution >= 4 is 28.6 Å². The van der Waals surface area contributed by atoms with E-state index in [-0.39, 0.29) is 0 Å². The molecule has 38 heavy (non-hydrogen) atoms. The lowest BCUT2D eigenvalue weighted by molar-refractivity contribution is 0.100. The number of nitrogens with zero attached hydrogens (tertiary/aromatic N) is 5. The van der Waals surface area contributed by atoms with Gasteiger partial charge in [0.1, 0.15) is 6.33 Å². The van der Waals surface area contributed by atoms with E-state index in [0.717, 1.165) is 60.4 Å². The Morgan fingerprint density at radius 1 is 0.947 bits per heavy atom. The van der Waals surface area contributed by atoms with E-state index < -0.39 is 5.91 Å². The van der Waals surface area contributed by atoms with Crippen molar-refractivity contribution in [1.82, 2.24) is 19.5 Å². The zero-order valence-corrected chi connectivity index (χ0v) is 22.3. The number of primary amides is 1. The second-order valence-corrected chi connectivity index (χ2v) is 10.0. The first-order chi connectivity index (χ1) is 18.6. The van der Waals surface area contributed by atoms with Crippen molar-refractivity contribution in [3.8, 4) is 11.3 Å². The molecule has 0 unspecified atom stereocenters. The number of fused-ring (bicyclic) bond motifs is 1. The van der Waals surface area contributed by atoms with Gasteiger partial charge >= 0.3 is 0 Å². The molecule has 0 atom stereocenters. The van der Waals surface area contributed by atoms with Gasteiger partial charge in [0.05, 0.1) is 11.4 Å². The topological polar surface area (TPSA) is 91.8 Å². The van der Waals surface area contributed by atoms with Crippen LogP contribution in [0.25, 0.3) is 16.9 Å². The summed E-state index contributed by atoms with van der Waals surface area (Å²) in [6.45, 7) is 10.2. The molecule has 4 aromatic rings. The van der Waals surface area contributed by atoms with Crippen LogP contribution in [0.1, 0.15) is 43.5 Å². The molecule has 1 aliphatic rings. The fourth-order valence-electron chi connectivity index (χ4n) is 5.23. The van der Waals surface area contributed by atoms with Crippen molar-refractivity contribution in [2.24, 2.45) is 11.7 Å². The molecule has 0 spiro atoms. The highest BCUT2D eigenvalue weighted by Crippen LogP contribution is 2.28. The Balaban J connectivity index is 1.23. The van der Waals surface area contributed by atoms with E-state index in [0.29, 0.717) is 5.56 Å². The van der Waals surface area contributed by atoms with E-state index in [2.05, 4.69) is 63.3 Å². The number of hydrogen-bond donors (Lipinski definition) is 2. The Hall–Kier alpha value is -3.91. The molecule has 0 aliphatic carbocycles. The number of benzene rings is 2. The van der Waals surface area contributed by atoms with Crippen LogP contribution in [0.4, 0.5) is 17.1 Å². The van der Waals surface area contributed by atoms with Gasteiger partial charge in [0.25, 0.3) is 0 Å². The van der Waals surface area contributed by atoms with Gasteiger partial charge in [0.15, 0.2) is 5.65 Å². The first-order valence-electron chi connectivity index (χ1n) is 13.6. The molecule has 0 saturated carbocycles. The van der Waals surface area contributed by atoms with Gasteiger partial charge in [0.2, 0.25) is 5.91 Å². The molecular weight excluding hydrogens is 474 g/mol. The summed E-state index contributed by atoms with van der Waals surface area (Å²) >= 11 is 0. The molecular formula is C30H37N7O. The van der Waals surface area contributed by atoms with E-state index in [1.54, 1.807) is 23.0 Å². The molecule has 0 radical (unpaired) electrons. The molecule has 3 N–H and O–H groups in total. The highest BCUT2D eigenvalue weighted by Gasteiger charge is 2.18. The number of rotatable bonds is 10. The molecule has 0 bridgehead atoms. The van der Waals surface area contributed by atoms with E-state index in [4.69, 9.17) is 5.73 Å². The molecule has 2 aromatic carbocycles. The van der Waals surface area contributed by atoms with Gasteiger partial charge in [-0.3, -0.25) is 9.69 Å². The minimum atomic E-state index is -0.442. The predicted octanol–water partition coefficient (Wildman–Crippen LogP) is 5.19. The van der Waals surface area contributed by atoms with Gasteiger partial charge in [-0.05, 0) is 67.4 Å². The summed E-state index contributed by atoms with van der Waals surface area (Å²) in [6.07, 6.45) is 5.44. The number of nitrogens with one attached hydrogen (secondary N) is 1. The van der Waals surface area contributed by atoms with E-state index >= 15 is 0 Å². The van der Waals surface area contributed by atoms with Gasteiger partial charge in [0, 0.05) is 48.7 Å². The minimum absolute atomic E-state index is 0.442. The van der Waals surface area contributed by atoms with Gasteiger partial charge in [-0.2, -0.15) is 5.10 Å². The van der Waals surface area contributed by atoms with Crippen molar-refractivity contribution in [3.05, 3.63) is 72.6 Å². The number of nitrogens with two attached hydrogens (primary N) is 1. The van der Waals surface area contributed by atoms with Crippen molar-refractivity contribution in [2.45, 2.75) is 33.1 Å². The molecule has 8 heteroatoms. The minimum Gasteiger partial charge on any atom is -0.369 e. The van der Waals surface area contributed by atoms with Crippen molar-refractivity contribution in [3.63, 3.8) is 0 Å². The largest absolute Gasteiger partial charge is 0.369 e. The molecule has 3 heterocycles. The van der Waals surface area contributed by atoms with E-state index in [1.807, 2.05) is 24.3 Å². The number of carbonyl (C=O) groups is 1. The maximum absolute atomic E-state index is 11.4. The lowest BCUT2D eigenvalue weighted by atomic mass is 9.99. The molecule has 2 aromatic heterocycles. The third-order valence-corrected chi connectivity index (χ3v) is 7.78. The fraction of sp³-hybridized carbons (Fsp3) is 0.367. The quantitative estimate of drug-likeness (QED) is 0.305. The zero-order valence-electron chi connectivity index (χ0n) is 22.3. The molecule has 5 rings (SSSR count). The summed E-state index contributed by atoms with van der Waals surface area (Å²) in [7, 11) is 0. The SMILES string of the molecule is CCC(CC)CCN1CCN(c2ccc(Nc3ccc(-c4ccc(C(N)=O)cc4)n4ncnc34)cc2)CC1. The molecule has 198 valence electrons. The van der Waals surface area contributed by atoms with E-state index in [1.165, 1.54) is 31.5 Å². The summed E-state index contributed by atoms with van der Waals surface area (Å²) in [5, 5.41) is 7.93. The summed E-state index contributed by atoms with van der Waals surface area (Å²) in [4.78, 5) is 21.0. The summed E-state index contributed by atoms with van der Waals surface area (Å²) < 4.78 is 1.80. The van der Waals surface area contributed by atoms with Crippen LogP contribution in [-0.4, -0.2) is 58.1 Å². The van der Waals surface area contributed by atoms with Gasteiger partial charge in [-0.25, -0.2) is 9.50 Å². The van der Waals surface area contributed by atoms with Gasteiger partial charge < -0.3 is 16.0 Å². The highest BCUT2D eigenvalue weighted by atomic mass is 16.1. The van der Waals surface area contributed by atoms with Crippen LogP contribution in [0, 0.1) is 5.92 Å². The summed E-state index contributed by atoms with van der Waals surface area (Å²) in [6, 6.07) is 19.8. The summed E-state index contributed by atoms with van der Waals surface area (Å²) in [5.41, 5.74) is 11.5. The van der Waals surface area contributed by atoms with Crippen LogP contribution in [0.15, 0.2) is 67.0 Å². The Morgan fingerprint density at radius 3 is 2.32 bits per heavy atom. The number of piperazine rings is 1. The van der Waals surface area contributed by atoms with Crippen LogP contribution in [0.2, 0.25) is 0 Å². The predicted molar refractivity (Wildman–Crippen MR) is 154 cm³/mol. The van der Waals surface area contributed by atoms with Crippen molar-refractivity contribution in [2.75, 3.05) is 42.9 Å². The normalized spacial score (nSPS) is 14.3. The van der Waals surface area contributed by atoms with Gasteiger partial charge in [-0.1, -0.05) is 38.8 Å². The standard InChI is InChI=1S/C30H37N7O/c1-3-22(4-2)15-16-35-17-19-36(20-18-35)26-11-9-25(10-12-26)34-27-13-14-28(37-30(27)32-21-33-37)23-5-7-24(8-6-23)29(31)38/h5-14,21-22,34H,3-4,15-20H2,1-2H3,(H2,31,38). The summed E-state index contributed by atoms with van der Waals surface area (Å²) in [5.74, 6) is 0.417. The Bertz CT molecular complexity index is 1350. The van der Waals surface area contributed by atoms with Crippen molar-refractivity contribution in [1.29, 1.82) is 0 Å². The molecule has 1 amide bonds. The molecule has 1 aliphatic heterocycles. The third kappa shape index (κ3) is 5.65. The Labute approximate surface area is 224 Å². The first-order valence-corrected chi connectivity index (χ1v) is 13.6. The monoisotopic (exact) mass is 511 g/mol. The molecule has 8 nitrogen and oxygen atoms in total. The van der Waals surface area contributed by atoms with Crippen LogP contribution < -0.4 is 16.0 Å². The molecule has 1 saturated heterocycles. The maximum atomic E-state index is 11.4. The highest BCUT2D eigenvalue weighted by molar-refractivity contribution is 5.93. The number of carbonyl (C=O) groups excluding carboxylic acids is 1. The number of amides is 1. The fourth-order valence-corrected chi connectivity index (χ4v) is 5.23. The number of pyridine rings is 1. The molecule has 1 fully saturated rings. The Morgan fingerprint density at radius 2 is 1.66 bits per heavy atom. The lowest BCUT2D eigenvalue weighted by Gasteiger charge is -2.36. The second kappa shape index (κ2) is 11.6. The van der Waals surface area contributed by atoms with Gasteiger partial charge in [-0.15, -0.1) is 0 Å². The number of hydrogen-bond acceptors (Lipinski definition) is 6. The number of aromatic nitrogens is 3. The second-order valence-electron chi connectivity index (χ2n) is 10.0. The lowest BCUT2D eigenvalue weighted by Crippen LogP contribution is -2.46. The Kier molecular flexibility index (Phi) is 7.89. The number of anilines is 3. The van der Waals surface area contributed by atoms with Crippen LogP contribution in [0.3, 0.4) is 0 Å². The van der Waals surface area contributed by atoms with Crippen LogP contribution in [0.5, 0.6) is 0 Å². The smallest absolute Gasteiger partial charge is 0.248 e. The first kappa shape index (κ1) is 25.7. The van der Waals surface area contributed by atoms with Crippen LogP contribution >= 0.6 is 0 Å². The third-order valence-electron chi connectivity index (χ3n) is 7.78.